The number of benzene rings is 1. The van der Waals surface area contributed by atoms with Gasteiger partial charge in [0.15, 0.2) is 0 Å². The lowest BCUT2D eigenvalue weighted by atomic mass is 10.0. The van der Waals surface area contributed by atoms with Gasteiger partial charge in [-0.05, 0) is 43.5 Å². The summed E-state index contributed by atoms with van der Waals surface area (Å²) in [6.07, 6.45) is 3.79. The van der Waals surface area contributed by atoms with Gasteiger partial charge in [-0.1, -0.05) is 0 Å². The third-order valence-electron chi connectivity index (χ3n) is 3.75. The van der Waals surface area contributed by atoms with Crippen LogP contribution in [0.1, 0.15) is 18.4 Å². The molecule has 5 nitrogen and oxygen atoms in total. The molecular weight excluding hydrogens is 256 g/mol. The summed E-state index contributed by atoms with van der Waals surface area (Å²) in [5.74, 6) is 0.748. The number of anilines is 1. The molecule has 0 saturated carbocycles. The molecule has 1 aliphatic heterocycles. The van der Waals surface area contributed by atoms with E-state index in [1.165, 1.54) is 0 Å². The molecule has 5 heteroatoms. The Morgan fingerprint density at radius 3 is 2.65 bits per heavy atom. The number of hydrogen-bond donors (Lipinski definition) is 0. The molecule has 0 radical (unpaired) electrons. The number of nitro groups is 1. The van der Waals surface area contributed by atoms with Crippen LogP contribution >= 0.6 is 0 Å². The Hall–Kier alpha value is -2.30. The van der Waals surface area contributed by atoms with Crippen LogP contribution in [0, 0.1) is 17.0 Å². The molecule has 104 valence electrons. The average molecular weight is 272 g/mol. The SMILES string of the molecule is Cc1cc([N+](=O)[O-])c(N2CCCC2)cc1-c1ccco1. The van der Waals surface area contributed by atoms with Crippen molar-refractivity contribution in [2.24, 2.45) is 0 Å². The molecule has 0 aliphatic carbocycles. The normalized spacial score (nSPS) is 14.8. The first-order valence-electron chi connectivity index (χ1n) is 6.74. The second-order valence-electron chi connectivity index (χ2n) is 5.08. The van der Waals surface area contributed by atoms with Gasteiger partial charge in [0.25, 0.3) is 5.69 Å². The van der Waals surface area contributed by atoms with Crippen molar-refractivity contribution in [3.63, 3.8) is 0 Å². The van der Waals surface area contributed by atoms with Gasteiger partial charge in [0, 0.05) is 24.7 Å². The molecule has 1 aromatic carbocycles. The third-order valence-corrected chi connectivity index (χ3v) is 3.75. The van der Waals surface area contributed by atoms with Crippen LogP contribution in [0.5, 0.6) is 0 Å². The first-order valence-corrected chi connectivity index (χ1v) is 6.74. The van der Waals surface area contributed by atoms with Crippen molar-refractivity contribution in [3.8, 4) is 11.3 Å². The van der Waals surface area contributed by atoms with Gasteiger partial charge in [0.2, 0.25) is 0 Å². The van der Waals surface area contributed by atoms with Crippen molar-refractivity contribution in [1.82, 2.24) is 0 Å². The van der Waals surface area contributed by atoms with Crippen molar-refractivity contribution >= 4 is 11.4 Å². The second kappa shape index (κ2) is 5.00. The number of nitrogens with zero attached hydrogens (tertiary/aromatic N) is 2. The Labute approximate surface area is 117 Å². The molecule has 3 rings (SSSR count). The van der Waals surface area contributed by atoms with E-state index in [2.05, 4.69) is 4.90 Å². The Balaban J connectivity index is 2.14. The highest BCUT2D eigenvalue weighted by molar-refractivity contribution is 5.75. The van der Waals surface area contributed by atoms with Crippen LogP contribution in [0.4, 0.5) is 11.4 Å². The Morgan fingerprint density at radius 1 is 1.30 bits per heavy atom. The van der Waals surface area contributed by atoms with Crippen molar-refractivity contribution in [3.05, 3.63) is 46.2 Å². The molecule has 2 heterocycles. The lowest BCUT2D eigenvalue weighted by Crippen LogP contribution is -2.19. The third kappa shape index (κ3) is 2.15. The van der Waals surface area contributed by atoms with E-state index in [1.807, 2.05) is 25.1 Å². The molecule has 1 aliphatic rings. The topological polar surface area (TPSA) is 59.5 Å². The minimum Gasteiger partial charge on any atom is -0.464 e. The first kappa shape index (κ1) is 12.7. The quantitative estimate of drug-likeness (QED) is 0.630. The number of hydrogen-bond acceptors (Lipinski definition) is 4. The van der Waals surface area contributed by atoms with Crippen LogP contribution in [0.25, 0.3) is 11.3 Å². The highest BCUT2D eigenvalue weighted by Crippen LogP contribution is 2.37. The smallest absolute Gasteiger partial charge is 0.292 e. The largest absolute Gasteiger partial charge is 0.464 e. The van der Waals surface area contributed by atoms with Gasteiger partial charge in [0.05, 0.1) is 11.2 Å². The van der Waals surface area contributed by atoms with Gasteiger partial charge in [-0.3, -0.25) is 10.1 Å². The molecule has 1 aromatic heterocycles. The van der Waals surface area contributed by atoms with Gasteiger partial charge in [-0.25, -0.2) is 0 Å². The van der Waals surface area contributed by atoms with E-state index in [9.17, 15) is 10.1 Å². The number of furan rings is 1. The van der Waals surface area contributed by atoms with Crippen LogP contribution in [-0.4, -0.2) is 18.0 Å². The van der Waals surface area contributed by atoms with E-state index in [-0.39, 0.29) is 10.6 Å². The zero-order valence-electron chi connectivity index (χ0n) is 11.3. The minimum atomic E-state index is -0.299. The summed E-state index contributed by atoms with van der Waals surface area (Å²) in [5.41, 5.74) is 2.65. The summed E-state index contributed by atoms with van der Waals surface area (Å²) in [7, 11) is 0. The van der Waals surface area contributed by atoms with Crippen LogP contribution in [0.3, 0.4) is 0 Å². The maximum Gasteiger partial charge on any atom is 0.292 e. The molecule has 0 N–H and O–H groups in total. The lowest BCUT2D eigenvalue weighted by Gasteiger charge is -2.19. The fourth-order valence-electron chi connectivity index (χ4n) is 2.74. The molecular formula is C15H16N2O3. The molecule has 1 fully saturated rings. The summed E-state index contributed by atoms with van der Waals surface area (Å²) in [4.78, 5) is 13.1. The summed E-state index contributed by atoms with van der Waals surface area (Å²) in [6.45, 7) is 3.63. The lowest BCUT2D eigenvalue weighted by molar-refractivity contribution is -0.384. The van der Waals surface area contributed by atoms with Gasteiger partial charge in [0.1, 0.15) is 11.4 Å². The zero-order valence-corrected chi connectivity index (χ0v) is 11.3. The highest BCUT2D eigenvalue weighted by atomic mass is 16.6. The van der Waals surface area contributed by atoms with Gasteiger partial charge in [-0.15, -0.1) is 0 Å². The van der Waals surface area contributed by atoms with Gasteiger partial charge >= 0.3 is 0 Å². The molecule has 0 unspecified atom stereocenters. The van der Waals surface area contributed by atoms with E-state index in [4.69, 9.17) is 4.42 Å². The number of aryl methyl sites for hydroxylation is 1. The van der Waals surface area contributed by atoms with Crippen molar-refractivity contribution in [2.75, 3.05) is 18.0 Å². The summed E-state index contributed by atoms with van der Waals surface area (Å²) in [5, 5.41) is 11.3. The molecule has 0 spiro atoms. The maximum atomic E-state index is 11.3. The number of rotatable bonds is 3. The Bertz CT molecular complexity index is 629. The van der Waals surface area contributed by atoms with E-state index >= 15 is 0 Å². The number of nitro benzene ring substituents is 1. The van der Waals surface area contributed by atoms with Crippen molar-refractivity contribution in [2.45, 2.75) is 19.8 Å². The summed E-state index contributed by atoms with van der Waals surface area (Å²) < 4.78 is 5.43. The average Bonchev–Trinajstić information content (AvgIpc) is 3.11. The Kier molecular flexibility index (Phi) is 3.18. The Morgan fingerprint density at radius 2 is 2.05 bits per heavy atom. The molecule has 0 atom stereocenters. The van der Waals surface area contributed by atoms with Crippen molar-refractivity contribution in [1.29, 1.82) is 0 Å². The standard InChI is InChI=1S/C15H16N2O3/c1-11-9-14(17(18)19)13(16-6-2-3-7-16)10-12(11)15-5-4-8-20-15/h4-5,8-10H,2-3,6-7H2,1H3. The summed E-state index contributed by atoms with van der Waals surface area (Å²) >= 11 is 0. The van der Waals surface area contributed by atoms with E-state index < -0.39 is 0 Å². The zero-order chi connectivity index (χ0) is 14.1. The van der Waals surface area contributed by atoms with Crippen LogP contribution < -0.4 is 4.90 Å². The minimum absolute atomic E-state index is 0.180. The molecule has 0 amide bonds. The fourth-order valence-corrected chi connectivity index (χ4v) is 2.74. The predicted molar refractivity (Wildman–Crippen MR) is 77.0 cm³/mol. The van der Waals surface area contributed by atoms with Gasteiger partial charge < -0.3 is 9.32 Å². The second-order valence-corrected chi connectivity index (χ2v) is 5.08. The fraction of sp³-hybridized carbons (Fsp3) is 0.333. The molecule has 0 bridgehead atoms. The summed E-state index contributed by atoms with van der Waals surface area (Å²) in [6, 6.07) is 7.23. The monoisotopic (exact) mass is 272 g/mol. The van der Waals surface area contributed by atoms with E-state index in [0.29, 0.717) is 5.69 Å². The van der Waals surface area contributed by atoms with Crippen molar-refractivity contribution < 1.29 is 9.34 Å². The highest BCUT2D eigenvalue weighted by Gasteiger charge is 2.24. The van der Waals surface area contributed by atoms with Crippen LogP contribution in [-0.2, 0) is 0 Å². The molecule has 20 heavy (non-hydrogen) atoms. The van der Waals surface area contributed by atoms with E-state index in [0.717, 1.165) is 42.8 Å². The first-order chi connectivity index (χ1) is 9.66. The van der Waals surface area contributed by atoms with Crippen LogP contribution in [0.2, 0.25) is 0 Å². The molecule has 1 saturated heterocycles. The van der Waals surface area contributed by atoms with E-state index in [1.54, 1.807) is 12.3 Å². The maximum absolute atomic E-state index is 11.3. The predicted octanol–water partition coefficient (Wildman–Crippen LogP) is 3.76. The molecule has 2 aromatic rings. The van der Waals surface area contributed by atoms with Gasteiger partial charge in [-0.2, -0.15) is 0 Å². The van der Waals surface area contributed by atoms with Crippen LogP contribution in [0.15, 0.2) is 34.9 Å².